The predicted molar refractivity (Wildman–Crippen MR) is 98.8 cm³/mol. The van der Waals surface area contributed by atoms with Crippen LogP contribution in [0.4, 0.5) is 0 Å². The summed E-state index contributed by atoms with van der Waals surface area (Å²) in [6.07, 6.45) is 5.93. The number of furan rings is 1. The minimum atomic E-state index is -0.455. The number of nitrogens with zero attached hydrogens (tertiary/aromatic N) is 1. The molecule has 0 N–H and O–H groups in total. The monoisotopic (exact) mass is 371 g/mol. The van der Waals surface area contributed by atoms with Crippen molar-refractivity contribution in [2.75, 3.05) is 32.9 Å². The number of likely N-dealkylation sites (tertiary alicyclic amines) is 1. The van der Waals surface area contributed by atoms with Gasteiger partial charge in [-0.05, 0) is 37.5 Å². The molecule has 3 aliphatic rings. The fraction of sp³-hybridized carbons (Fsp3) is 0.571. The van der Waals surface area contributed by atoms with Crippen molar-refractivity contribution in [3.63, 3.8) is 0 Å². The van der Waals surface area contributed by atoms with E-state index >= 15 is 0 Å². The van der Waals surface area contributed by atoms with Crippen molar-refractivity contribution in [2.45, 2.75) is 44.3 Å². The molecule has 2 saturated heterocycles. The van der Waals surface area contributed by atoms with E-state index in [2.05, 4.69) is 0 Å². The van der Waals surface area contributed by atoms with Crippen LogP contribution in [-0.4, -0.2) is 49.5 Å². The Morgan fingerprint density at radius 1 is 1.11 bits per heavy atom. The Kier molecular flexibility index (Phi) is 4.32. The lowest BCUT2D eigenvalue weighted by Crippen LogP contribution is -2.48. The van der Waals surface area contributed by atoms with Crippen molar-refractivity contribution in [1.29, 1.82) is 0 Å². The number of rotatable bonds is 3. The largest absolute Gasteiger partial charge is 0.484 e. The molecule has 0 atom stereocenters. The van der Waals surface area contributed by atoms with Gasteiger partial charge in [0.05, 0.1) is 13.2 Å². The van der Waals surface area contributed by atoms with E-state index in [1.165, 1.54) is 18.4 Å². The highest BCUT2D eigenvalue weighted by molar-refractivity contribution is 5.84. The maximum atomic E-state index is 12.5. The lowest BCUT2D eigenvalue weighted by molar-refractivity contribution is -0.187. The molecule has 0 bridgehead atoms. The summed E-state index contributed by atoms with van der Waals surface area (Å²) in [6, 6.07) is 5.85. The molecule has 6 nitrogen and oxygen atoms in total. The zero-order chi connectivity index (χ0) is 18.3. The molecule has 0 unspecified atom stereocenters. The van der Waals surface area contributed by atoms with Crippen LogP contribution in [0.1, 0.15) is 37.0 Å². The van der Waals surface area contributed by atoms with E-state index in [0.29, 0.717) is 26.3 Å². The molecule has 27 heavy (non-hydrogen) atoms. The number of hydrogen-bond donors (Lipinski definition) is 0. The molecule has 1 aliphatic carbocycles. The summed E-state index contributed by atoms with van der Waals surface area (Å²) >= 11 is 0. The summed E-state index contributed by atoms with van der Waals surface area (Å²) in [6.45, 7) is 2.65. The maximum Gasteiger partial charge on any atom is 0.260 e. The highest BCUT2D eigenvalue weighted by atomic mass is 16.7. The third kappa shape index (κ3) is 3.21. The Morgan fingerprint density at radius 3 is 2.70 bits per heavy atom. The minimum absolute atomic E-state index is 0.0113. The van der Waals surface area contributed by atoms with Crippen molar-refractivity contribution >= 4 is 16.9 Å². The molecular formula is C21H25NO5. The van der Waals surface area contributed by atoms with Gasteiger partial charge in [0.2, 0.25) is 0 Å². The Balaban J connectivity index is 1.21. The highest BCUT2D eigenvalue weighted by Crippen LogP contribution is 2.34. The number of hydrogen-bond acceptors (Lipinski definition) is 5. The normalized spacial score (nSPS) is 21.6. The van der Waals surface area contributed by atoms with Crippen LogP contribution >= 0.6 is 0 Å². The highest BCUT2D eigenvalue weighted by Gasteiger charge is 2.40. The summed E-state index contributed by atoms with van der Waals surface area (Å²) in [5.41, 5.74) is 2.23. The van der Waals surface area contributed by atoms with E-state index in [4.69, 9.17) is 18.6 Å². The minimum Gasteiger partial charge on any atom is -0.484 e. The molecule has 2 aliphatic heterocycles. The number of piperidine rings is 1. The van der Waals surface area contributed by atoms with Crippen LogP contribution in [0.25, 0.3) is 11.0 Å². The first-order chi connectivity index (χ1) is 13.2. The Bertz CT molecular complexity index is 842. The summed E-state index contributed by atoms with van der Waals surface area (Å²) in [4.78, 5) is 14.4. The van der Waals surface area contributed by atoms with Gasteiger partial charge in [0.15, 0.2) is 12.4 Å². The van der Waals surface area contributed by atoms with Crippen LogP contribution in [-0.2, 0) is 27.1 Å². The number of amides is 1. The molecular weight excluding hydrogens is 346 g/mol. The lowest BCUT2D eigenvalue weighted by Gasteiger charge is -2.37. The maximum absolute atomic E-state index is 12.5. The third-order valence-electron chi connectivity index (χ3n) is 5.98. The van der Waals surface area contributed by atoms with E-state index in [1.807, 2.05) is 23.1 Å². The van der Waals surface area contributed by atoms with Crippen LogP contribution in [0.15, 0.2) is 22.6 Å². The lowest BCUT2D eigenvalue weighted by atomic mass is 9.96. The molecule has 3 heterocycles. The zero-order valence-corrected chi connectivity index (χ0v) is 15.5. The molecule has 5 rings (SSSR count). The number of ether oxygens (including phenoxy) is 3. The Labute approximate surface area is 158 Å². The molecule has 1 aromatic heterocycles. The standard InChI is InChI=1S/C21H25NO5/c23-20(22-9-7-21(8-10-22)25-11-12-26-21)14-24-15-5-6-19-17(13-15)16-3-1-2-4-18(16)27-19/h5-6,13H,1-4,7-12,14H2. The SMILES string of the molecule is O=C(COc1ccc2oc3c(c2c1)CCCC3)N1CCC2(CC1)OCCO2. The van der Waals surface area contributed by atoms with Crippen LogP contribution in [0.5, 0.6) is 5.75 Å². The first-order valence-electron chi connectivity index (χ1n) is 9.95. The molecule has 1 aromatic carbocycles. The third-order valence-corrected chi connectivity index (χ3v) is 5.98. The van der Waals surface area contributed by atoms with Gasteiger partial charge in [0.1, 0.15) is 17.1 Å². The van der Waals surface area contributed by atoms with Gasteiger partial charge in [-0.15, -0.1) is 0 Å². The van der Waals surface area contributed by atoms with Gasteiger partial charge < -0.3 is 23.5 Å². The van der Waals surface area contributed by atoms with Crippen molar-refractivity contribution in [3.05, 3.63) is 29.5 Å². The first kappa shape index (κ1) is 17.1. The molecule has 144 valence electrons. The van der Waals surface area contributed by atoms with Crippen molar-refractivity contribution in [1.82, 2.24) is 4.90 Å². The van der Waals surface area contributed by atoms with Gasteiger partial charge in [-0.2, -0.15) is 0 Å². The van der Waals surface area contributed by atoms with E-state index in [9.17, 15) is 4.79 Å². The van der Waals surface area contributed by atoms with Crippen LogP contribution in [0.2, 0.25) is 0 Å². The number of carbonyl (C=O) groups excluding carboxylic acids is 1. The molecule has 0 radical (unpaired) electrons. The average Bonchev–Trinajstić information content (AvgIpc) is 3.31. The number of benzene rings is 1. The molecule has 1 amide bonds. The zero-order valence-electron chi connectivity index (χ0n) is 15.5. The number of aryl methyl sites for hydroxylation is 2. The van der Waals surface area contributed by atoms with Crippen LogP contribution < -0.4 is 4.74 Å². The second-order valence-corrected chi connectivity index (χ2v) is 7.65. The van der Waals surface area contributed by atoms with Crippen LogP contribution in [0, 0.1) is 0 Å². The Hall–Kier alpha value is -2.05. The second kappa shape index (κ2) is 6.84. The molecule has 2 aromatic rings. The van der Waals surface area contributed by atoms with E-state index in [1.54, 1.807) is 0 Å². The fourth-order valence-electron chi connectivity index (χ4n) is 4.45. The molecule has 1 spiro atoms. The molecule has 6 heteroatoms. The summed E-state index contributed by atoms with van der Waals surface area (Å²) in [5, 5.41) is 1.13. The number of fused-ring (bicyclic) bond motifs is 3. The summed E-state index contributed by atoms with van der Waals surface area (Å²) in [7, 11) is 0. The van der Waals surface area contributed by atoms with E-state index in [-0.39, 0.29) is 12.5 Å². The topological polar surface area (TPSA) is 61.1 Å². The van der Waals surface area contributed by atoms with E-state index in [0.717, 1.165) is 48.2 Å². The first-order valence-corrected chi connectivity index (χ1v) is 9.95. The van der Waals surface area contributed by atoms with Gasteiger partial charge in [-0.3, -0.25) is 4.79 Å². The molecule has 2 fully saturated rings. The van der Waals surface area contributed by atoms with Gasteiger partial charge >= 0.3 is 0 Å². The van der Waals surface area contributed by atoms with Gasteiger partial charge in [0, 0.05) is 43.3 Å². The quantitative estimate of drug-likeness (QED) is 0.830. The fourth-order valence-corrected chi connectivity index (χ4v) is 4.45. The summed E-state index contributed by atoms with van der Waals surface area (Å²) < 4.78 is 23.2. The van der Waals surface area contributed by atoms with Crippen LogP contribution in [0.3, 0.4) is 0 Å². The van der Waals surface area contributed by atoms with Crippen molar-refractivity contribution < 1.29 is 23.4 Å². The summed E-state index contributed by atoms with van der Waals surface area (Å²) in [5.74, 6) is 1.39. The number of carbonyl (C=O) groups is 1. The van der Waals surface area contributed by atoms with Crippen molar-refractivity contribution in [3.8, 4) is 5.75 Å². The van der Waals surface area contributed by atoms with Crippen molar-refractivity contribution in [2.24, 2.45) is 0 Å². The average molecular weight is 371 g/mol. The smallest absolute Gasteiger partial charge is 0.260 e. The predicted octanol–water partition coefficient (Wildman–Crippen LogP) is 3.06. The van der Waals surface area contributed by atoms with E-state index < -0.39 is 5.79 Å². The Morgan fingerprint density at radius 2 is 1.89 bits per heavy atom. The van der Waals surface area contributed by atoms with Gasteiger partial charge in [-0.25, -0.2) is 0 Å². The van der Waals surface area contributed by atoms with Gasteiger partial charge in [0.25, 0.3) is 5.91 Å². The second-order valence-electron chi connectivity index (χ2n) is 7.65. The molecule has 0 saturated carbocycles. The van der Waals surface area contributed by atoms with Gasteiger partial charge in [-0.1, -0.05) is 0 Å².